The number of hydrogen-bond donors (Lipinski definition) is 2. The second kappa shape index (κ2) is 12.1. The number of furan rings is 1. The largest absolute Gasteiger partial charge is 0.469 e. The van der Waals surface area contributed by atoms with Crippen LogP contribution in [0, 0.1) is 0 Å². The summed E-state index contributed by atoms with van der Waals surface area (Å²) in [5.41, 5.74) is 2.34. The van der Waals surface area contributed by atoms with Gasteiger partial charge in [0.25, 0.3) is 0 Å². The quantitative estimate of drug-likeness (QED) is 0.365. The van der Waals surface area contributed by atoms with Crippen molar-refractivity contribution < 1.29 is 13.9 Å². The fourth-order valence-corrected chi connectivity index (χ4v) is 3.07. The molecule has 0 bridgehead atoms. The minimum Gasteiger partial charge on any atom is -0.469 e. The topological polar surface area (TPSA) is 68.0 Å². The van der Waals surface area contributed by atoms with Crippen LogP contribution in [0.4, 0.5) is 0 Å². The molecular formula is C23H31N3O3. The summed E-state index contributed by atoms with van der Waals surface area (Å²) in [6, 6.07) is 12.3. The summed E-state index contributed by atoms with van der Waals surface area (Å²) in [5.74, 6) is 1.72. The molecule has 0 amide bonds. The van der Waals surface area contributed by atoms with Crippen LogP contribution in [0.25, 0.3) is 0 Å². The molecule has 0 atom stereocenters. The monoisotopic (exact) mass is 397 g/mol. The summed E-state index contributed by atoms with van der Waals surface area (Å²) in [5, 5.41) is 6.58. The van der Waals surface area contributed by atoms with Gasteiger partial charge in [-0.25, -0.2) is 4.99 Å². The average molecular weight is 398 g/mol. The Bertz CT molecular complexity index is 735. The molecule has 6 heteroatoms. The lowest BCUT2D eigenvalue weighted by molar-refractivity contribution is -0.0390. The van der Waals surface area contributed by atoms with Gasteiger partial charge in [0, 0.05) is 32.7 Å². The van der Waals surface area contributed by atoms with E-state index in [-0.39, 0.29) is 0 Å². The molecule has 2 N–H and O–H groups in total. The van der Waals surface area contributed by atoms with Gasteiger partial charge in [0.15, 0.2) is 5.96 Å². The number of aliphatic imine (C=N–C) groups is 1. The van der Waals surface area contributed by atoms with Crippen molar-refractivity contribution in [2.45, 2.75) is 38.5 Å². The third kappa shape index (κ3) is 7.75. The third-order valence-electron chi connectivity index (χ3n) is 4.75. The Labute approximate surface area is 173 Å². The van der Waals surface area contributed by atoms with Crippen LogP contribution in [-0.2, 0) is 29.0 Å². The first-order valence-corrected chi connectivity index (χ1v) is 10.3. The lowest BCUT2D eigenvalue weighted by Gasteiger charge is -2.22. The van der Waals surface area contributed by atoms with E-state index in [1.807, 2.05) is 18.2 Å². The Hall–Kier alpha value is -2.57. The molecule has 1 saturated heterocycles. The number of hydrogen-bond acceptors (Lipinski definition) is 4. The van der Waals surface area contributed by atoms with Crippen LogP contribution in [0.5, 0.6) is 0 Å². The van der Waals surface area contributed by atoms with Gasteiger partial charge in [-0.2, -0.15) is 0 Å². The lowest BCUT2D eigenvalue weighted by atomic mass is 10.1. The van der Waals surface area contributed by atoms with E-state index >= 15 is 0 Å². The predicted octanol–water partition coefficient (Wildman–Crippen LogP) is 3.44. The van der Waals surface area contributed by atoms with E-state index in [2.05, 4.69) is 46.5 Å². The summed E-state index contributed by atoms with van der Waals surface area (Å²) in [4.78, 5) is 4.67. The Balaban J connectivity index is 1.45. The summed E-state index contributed by atoms with van der Waals surface area (Å²) in [7, 11) is 0. The molecule has 0 unspecified atom stereocenters. The first kappa shape index (κ1) is 21.1. The first-order chi connectivity index (χ1) is 14.3. The number of benzene rings is 1. The van der Waals surface area contributed by atoms with Gasteiger partial charge in [0.2, 0.25) is 0 Å². The number of nitrogens with zero attached hydrogens (tertiary/aromatic N) is 1. The van der Waals surface area contributed by atoms with Crippen LogP contribution >= 0.6 is 0 Å². The van der Waals surface area contributed by atoms with Crippen LogP contribution in [0.3, 0.4) is 0 Å². The van der Waals surface area contributed by atoms with Crippen molar-refractivity contribution in [3.8, 4) is 0 Å². The summed E-state index contributed by atoms with van der Waals surface area (Å²) in [6.07, 6.45) is 6.61. The molecule has 1 aromatic carbocycles. The van der Waals surface area contributed by atoms with E-state index in [0.717, 1.165) is 56.3 Å². The fourth-order valence-electron chi connectivity index (χ4n) is 3.07. The second-order valence-electron chi connectivity index (χ2n) is 7.03. The highest BCUT2D eigenvalue weighted by Crippen LogP contribution is 2.14. The summed E-state index contributed by atoms with van der Waals surface area (Å²) in [6.45, 7) is 8.03. The van der Waals surface area contributed by atoms with Crippen LogP contribution in [-0.4, -0.2) is 38.4 Å². The molecule has 0 aliphatic carbocycles. The molecule has 29 heavy (non-hydrogen) atoms. The molecule has 2 aromatic rings. The van der Waals surface area contributed by atoms with Gasteiger partial charge in [0.05, 0.1) is 25.5 Å². The summed E-state index contributed by atoms with van der Waals surface area (Å²) >= 11 is 0. The fraction of sp³-hybridized carbons (Fsp3) is 0.435. The maximum atomic E-state index is 5.98. The number of guanidine groups is 1. The molecule has 0 spiro atoms. The van der Waals surface area contributed by atoms with E-state index in [0.29, 0.717) is 25.8 Å². The molecule has 6 nitrogen and oxygen atoms in total. The SMILES string of the molecule is C=CCNC(=NCc1ccc(COC2CCOCC2)cc1)NCCc1ccco1. The average Bonchev–Trinajstić information content (AvgIpc) is 3.29. The lowest BCUT2D eigenvalue weighted by Crippen LogP contribution is -2.38. The zero-order valence-electron chi connectivity index (χ0n) is 16.9. The normalized spacial score (nSPS) is 15.2. The highest BCUT2D eigenvalue weighted by molar-refractivity contribution is 5.79. The highest BCUT2D eigenvalue weighted by Gasteiger charge is 2.13. The van der Waals surface area contributed by atoms with Crippen molar-refractivity contribution >= 4 is 5.96 Å². The van der Waals surface area contributed by atoms with Crippen molar-refractivity contribution in [2.75, 3.05) is 26.3 Å². The maximum Gasteiger partial charge on any atom is 0.191 e. The van der Waals surface area contributed by atoms with Gasteiger partial charge < -0.3 is 24.5 Å². The summed E-state index contributed by atoms with van der Waals surface area (Å²) < 4.78 is 16.7. The predicted molar refractivity (Wildman–Crippen MR) is 115 cm³/mol. The van der Waals surface area contributed by atoms with Crippen molar-refractivity contribution in [1.82, 2.24) is 10.6 Å². The van der Waals surface area contributed by atoms with Crippen molar-refractivity contribution in [2.24, 2.45) is 4.99 Å². The van der Waals surface area contributed by atoms with Crippen molar-refractivity contribution in [3.63, 3.8) is 0 Å². The van der Waals surface area contributed by atoms with Gasteiger partial charge in [-0.3, -0.25) is 0 Å². The van der Waals surface area contributed by atoms with E-state index < -0.39 is 0 Å². The zero-order valence-corrected chi connectivity index (χ0v) is 16.9. The first-order valence-electron chi connectivity index (χ1n) is 10.3. The van der Waals surface area contributed by atoms with Crippen LogP contribution < -0.4 is 10.6 Å². The molecule has 1 fully saturated rings. The third-order valence-corrected chi connectivity index (χ3v) is 4.75. The Kier molecular flexibility index (Phi) is 8.82. The number of rotatable bonds is 10. The molecular weight excluding hydrogens is 366 g/mol. The maximum absolute atomic E-state index is 5.98. The smallest absolute Gasteiger partial charge is 0.191 e. The Morgan fingerprint density at radius 1 is 1.14 bits per heavy atom. The number of ether oxygens (including phenoxy) is 2. The van der Waals surface area contributed by atoms with Gasteiger partial charge in [-0.05, 0) is 36.1 Å². The van der Waals surface area contributed by atoms with Gasteiger partial charge in [0.1, 0.15) is 5.76 Å². The molecule has 156 valence electrons. The van der Waals surface area contributed by atoms with Crippen molar-refractivity contribution in [3.05, 3.63) is 72.2 Å². The molecule has 3 rings (SSSR count). The standard InChI is InChI=1S/C23H31N3O3/c1-2-12-24-23(25-13-9-21-4-3-14-28-21)26-17-19-5-7-20(8-6-19)18-29-22-10-15-27-16-11-22/h2-8,14,22H,1,9-13,15-18H2,(H2,24,25,26). The molecule has 0 saturated carbocycles. The van der Waals surface area contributed by atoms with Crippen LogP contribution in [0.2, 0.25) is 0 Å². The van der Waals surface area contributed by atoms with Gasteiger partial charge in [-0.15, -0.1) is 6.58 Å². The Morgan fingerprint density at radius 2 is 1.93 bits per heavy atom. The number of nitrogens with one attached hydrogen (secondary N) is 2. The van der Waals surface area contributed by atoms with Gasteiger partial charge in [-0.1, -0.05) is 30.3 Å². The van der Waals surface area contributed by atoms with E-state index in [9.17, 15) is 0 Å². The van der Waals surface area contributed by atoms with Crippen LogP contribution in [0.1, 0.15) is 29.7 Å². The molecule has 1 aliphatic rings. The molecule has 1 aromatic heterocycles. The minimum atomic E-state index is 0.318. The molecule has 1 aliphatic heterocycles. The zero-order chi connectivity index (χ0) is 20.2. The Morgan fingerprint density at radius 3 is 2.66 bits per heavy atom. The second-order valence-corrected chi connectivity index (χ2v) is 7.03. The highest BCUT2D eigenvalue weighted by atomic mass is 16.5. The minimum absolute atomic E-state index is 0.318. The van der Waals surface area contributed by atoms with E-state index in [1.165, 1.54) is 5.56 Å². The van der Waals surface area contributed by atoms with Crippen molar-refractivity contribution in [1.29, 1.82) is 0 Å². The van der Waals surface area contributed by atoms with Crippen LogP contribution in [0.15, 0.2) is 64.7 Å². The van der Waals surface area contributed by atoms with E-state index in [4.69, 9.17) is 13.9 Å². The molecule has 0 radical (unpaired) electrons. The molecule has 2 heterocycles. The van der Waals surface area contributed by atoms with E-state index in [1.54, 1.807) is 6.26 Å². The van der Waals surface area contributed by atoms with Gasteiger partial charge >= 0.3 is 0 Å².